The van der Waals surface area contributed by atoms with Gasteiger partial charge in [0.15, 0.2) is 0 Å². The molecule has 0 spiro atoms. The second-order valence-corrected chi connectivity index (χ2v) is 25.4. The Kier molecular flexibility index (Phi) is 3.45. The molecule has 0 N–H and O–H groups in total. The number of hydrogen-bond donors (Lipinski definition) is 0. The molecule has 2 aliphatic carbocycles. The average Bonchev–Trinajstić information content (AvgIpc) is 3.07. The van der Waals surface area contributed by atoms with Gasteiger partial charge in [-0.15, -0.1) is 0 Å². The van der Waals surface area contributed by atoms with Crippen LogP contribution >= 0.6 is 0 Å². The molecule has 2 atom stereocenters. The van der Waals surface area contributed by atoms with E-state index in [9.17, 15) is 0 Å². The molecule has 0 bridgehead atoms. The molecule has 1 aliphatic heterocycles. The van der Waals surface area contributed by atoms with Gasteiger partial charge in [-0.05, 0) is 0 Å². The van der Waals surface area contributed by atoms with Crippen LogP contribution in [0.2, 0.25) is 8.35 Å². The summed E-state index contributed by atoms with van der Waals surface area (Å²) < 4.78 is 4.72. The Balaban J connectivity index is 1.64. The fourth-order valence-corrected chi connectivity index (χ4v) is 31.2. The van der Waals surface area contributed by atoms with Crippen molar-refractivity contribution in [1.82, 2.24) is 0 Å². The molecule has 1 heteroatoms. The van der Waals surface area contributed by atoms with Crippen molar-refractivity contribution in [2.75, 3.05) is 0 Å². The van der Waals surface area contributed by atoms with Gasteiger partial charge in [-0.3, -0.25) is 0 Å². The molecule has 2 unspecified atom stereocenters. The Bertz CT molecular complexity index is 881. The third-order valence-electron chi connectivity index (χ3n) is 7.05. The molecule has 2 aromatic rings. The number of aryl methyl sites for hydroxylation is 4. The fraction of sp³-hybridized carbons (Fsp3) is 0.333. The monoisotopic (exact) mass is 494 g/mol. The normalized spacial score (nSPS) is 24.5. The number of allylic oxidation sites excluding steroid dienone is 2. The van der Waals surface area contributed by atoms with Crippen LogP contribution in [0.25, 0.3) is 12.2 Å². The van der Waals surface area contributed by atoms with Gasteiger partial charge < -0.3 is 0 Å². The maximum absolute atomic E-state index is 2.61. The van der Waals surface area contributed by atoms with Gasteiger partial charge in [-0.25, -0.2) is 0 Å². The summed E-state index contributed by atoms with van der Waals surface area (Å²) >= 11 is -2.43. The molecule has 0 saturated carbocycles. The van der Waals surface area contributed by atoms with E-state index >= 15 is 0 Å². The van der Waals surface area contributed by atoms with E-state index in [0.29, 0.717) is 0 Å². The Morgan fingerprint density at radius 1 is 0.640 bits per heavy atom. The van der Waals surface area contributed by atoms with Gasteiger partial charge in [-0.2, -0.15) is 0 Å². The molecule has 1 heterocycles. The summed E-state index contributed by atoms with van der Waals surface area (Å²) in [5.74, 6) is 0. The molecule has 1 saturated heterocycles. The van der Waals surface area contributed by atoms with E-state index in [2.05, 4.69) is 76.3 Å². The Hall–Kier alpha value is -1.21. The summed E-state index contributed by atoms with van der Waals surface area (Å²) in [6, 6.07) is 9.31. The van der Waals surface area contributed by atoms with Crippen molar-refractivity contribution in [2.45, 2.75) is 43.4 Å². The molecule has 25 heavy (non-hydrogen) atoms. The van der Waals surface area contributed by atoms with Crippen molar-refractivity contribution in [3.63, 3.8) is 0 Å². The van der Waals surface area contributed by atoms with Crippen molar-refractivity contribution in [2.24, 2.45) is 0 Å². The van der Waals surface area contributed by atoms with Crippen LogP contribution in [0.4, 0.5) is 0 Å². The Labute approximate surface area is 156 Å². The molecule has 126 valence electrons. The van der Waals surface area contributed by atoms with E-state index in [1.807, 2.05) is 0 Å². The van der Waals surface area contributed by atoms with E-state index in [-0.39, 0.29) is 0 Å². The van der Waals surface area contributed by atoms with Crippen LogP contribution in [0.1, 0.15) is 51.9 Å². The van der Waals surface area contributed by atoms with Crippen LogP contribution in [0.5, 0.6) is 0 Å². The van der Waals surface area contributed by atoms with Gasteiger partial charge >= 0.3 is 156 Å². The van der Waals surface area contributed by atoms with Gasteiger partial charge in [0.05, 0.1) is 0 Å². The fourth-order valence-electron chi connectivity index (χ4n) is 5.47. The van der Waals surface area contributed by atoms with Crippen LogP contribution in [0.3, 0.4) is 0 Å². The topological polar surface area (TPSA) is 0 Å². The molecular weight excluding hydrogens is 467 g/mol. The summed E-state index contributed by atoms with van der Waals surface area (Å²) in [6.07, 6.45) is 10.1. The predicted octanol–water partition coefficient (Wildman–Crippen LogP) is 6.76. The van der Waals surface area contributed by atoms with Crippen molar-refractivity contribution in [3.05, 3.63) is 80.9 Å². The maximum atomic E-state index is 2.61. The molecule has 1 fully saturated rings. The third-order valence-corrected chi connectivity index (χ3v) is 25.3. The van der Waals surface area contributed by atoms with Crippen LogP contribution in [-0.2, 0) is 20.0 Å². The van der Waals surface area contributed by atoms with Crippen molar-refractivity contribution in [1.29, 1.82) is 0 Å². The quantitative estimate of drug-likeness (QED) is 0.406. The van der Waals surface area contributed by atoms with E-state index < -0.39 is 20.0 Å². The first-order valence-electron chi connectivity index (χ1n) is 9.59. The van der Waals surface area contributed by atoms with Gasteiger partial charge in [0, 0.05) is 0 Å². The zero-order chi connectivity index (χ0) is 17.3. The molecule has 2 aromatic carbocycles. The molecular formula is C24H26Hf. The first-order chi connectivity index (χ1) is 12.0. The minimum atomic E-state index is -2.43. The van der Waals surface area contributed by atoms with Crippen molar-refractivity contribution in [3.8, 4) is 0 Å². The second-order valence-electron chi connectivity index (χ2n) is 8.46. The van der Waals surface area contributed by atoms with Crippen LogP contribution in [0, 0.1) is 27.7 Å². The van der Waals surface area contributed by atoms with E-state index in [4.69, 9.17) is 0 Å². The molecule has 5 rings (SSSR count). The van der Waals surface area contributed by atoms with E-state index in [1.165, 1.54) is 22.3 Å². The molecule has 0 aromatic heterocycles. The van der Waals surface area contributed by atoms with Gasteiger partial charge in [0.1, 0.15) is 0 Å². The standard InChI is InChI=1S/2C11H11.C2H4.Hf/c2*1-8-6-7-9(2)11-5-3-4-10(8)11;1-2;/h2*3-7H,1-2H3;1-2H2;. The van der Waals surface area contributed by atoms with Gasteiger partial charge in [0.2, 0.25) is 0 Å². The summed E-state index contributed by atoms with van der Waals surface area (Å²) in [6.45, 7) is 9.21. The zero-order valence-electron chi connectivity index (χ0n) is 15.7. The summed E-state index contributed by atoms with van der Waals surface area (Å²) in [5.41, 5.74) is 12.4. The van der Waals surface area contributed by atoms with Crippen LogP contribution < -0.4 is 0 Å². The minimum absolute atomic E-state index is 0.794. The van der Waals surface area contributed by atoms with E-state index in [1.54, 1.807) is 30.6 Å². The first-order valence-corrected chi connectivity index (χ1v) is 18.8. The number of hydrogen-bond acceptors (Lipinski definition) is 0. The number of fused-ring (bicyclic) bond motifs is 2. The Morgan fingerprint density at radius 2 is 1.04 bits per heavy atom. The van der Waals surface area contributed by atoms with Gasteiger partial charge in [0.25, 0.3) is 0 Å². The third kappa shape index (κ3) is 2.14. The molecule has 0 amide bonds. The van der Waals surface area contributed by atoms with Crippen LogP contribution in [-0.4, -0.2) is 0 Å². The SMILES string of the molecule is Cc1ccc(C)c2c1C=C[CH]2[Hf]1([CH]2C=Cc3c(C)ccc(C)c32)[CH2][CH2]1. The van der Waals surface area contributed by atoms with Gasteiger partial charge in [-0.1, -0.05) is 0 Å². The second kappa shape index (κ2) is 5.39. The van der Waals surface area contributed by atoms with Crippen molar-refractivity contribution < 1.29 is 20.0 Å². The predicted molar refractivity (Wildman–Crippen MR) is 105 cm³/mol. The zero-order valence-corrected chi connectivity index (χ0v) is 19.3. The average molecular weight is 493 g/mol. The van der Waals surface area contributed by atoms with E-state index in [0.717, 1.165) is 7.35 Å². The Morgan fingerprint density at radius 3 is 1.44 bits per heavy atom. The molecule has 3 aliphatic rings. The van der Waals surface area contributed by atoms with Crippen molar-refractivity contribution >= 4 is 12.2 Å². The molecule has 0 radical (unpaired) electrons. The first kappa shape index (κ1) is 16.0. The molecule has 0 nitrogen and oxygen atoms in total. The number of rotatable bonds is 2. The number of benzene rings is 2. The van der Waals surface area contributed by atoms with Crippen LogP contribution in [0.15, 0.2) is 36.4 Å². The summed E-state index contributed by atoms with van der Waals surface area (Å²) in [4.78, 5) is 0. The summed E-state index contributed by atoms with van der Waals surface area (Å²) in [5, 5.41) is 0. The summed E-state index contributed by atoms with van der Waals surface area (Å²) in [7, 11) is 0.